The maximum Gasteiger partial charge on any atom is 0.251 e. The number of amides is 2. The van der Waals surface area contributed by atoms with Gasteiger partial charge in [-0.1, -0.05) is 48.0 Å². The summed E-state index contributed by atoms with van der Waals surface area (Å²) in [6.45, 7) is 3.11. The Morgan fingerprint density at radius 1 is 0.868 bits per heavy atom. The van der Waals surface area contributed by atoms with Gasteiger partial charge < -0.3 is 20.7 Å². The van der Waals surface area contributed by atoms with Crippen LogP contribution < -0.4 is 20.7 Å². The smallest absolute Gasteiger partial charge is 0.251 e. The Balaban J connectivity index is 1.42. The van der Waals surface area contributed by atoms with Crippen molar-refractivity contribution in [3.63, 3.8) is 0 Å². The van der Waals surface area contributed by atoms with E-state index >= 15 is 0 Å². The Labute approximate surface area is 223 Å². The number of nitrogens with zero attached hydrogens (tertiary/aromatic N) is 1. The minimum Gasteiger partial charge on any atom is -0.497 e. The van der Waals surface area contributed by atoms with E-state index in [1.165, 1.54) is 0 Å². The van der Waals surface area contributed by atoms with Gasteiger partial charge in [0.25, 0.3) is 5.91 Å². The third-order valence-electron chi connectivity index (χ3n) is 6.21. The van der Waals surface area contributed by atoms with Crippen LogP contribution in [0, 0.1) is 6.92 Å². The van der Waals surface area contributed by atoms with E-state index < -0.39 is 5.92 Å². The van der Waals surface area contributed by atoms with Crippen LogP contribution in [0.5, 0.6) is 5.75 Å². The number of rotatable bonds is 11. The molecule has 4 aromatic rings. The lowest BCUT2D eigenvalue weighted by atomic mass is 9.95. The lowest BCUT2D eigenvalue weighted by Crippen LogP contribution is -2.39. The molecule has 0 aliphatic carbocycles. The average Bonchev–Trinajstić information content (AvgIpc) is 2.96. The number of pyridine rings is 1. The fourth-order valence-corrected chi connectivity index (χ4v) is 4.11. The van der Waals surface area contributed by atoms with Crippen molar-refractivity contribution >= 4 is 17.5 Å². The van der Waals surface area contributed by atoms with Gasteiger partial charge in [-0.2, -0.15) is 0 Å². The van der Waals surface area contributed by atoms with Crippen molar-refractivity contribution in [3.8, 4) is 16.9 Å². The number of nitrogens with one attached hydrogen (secondary N) is 3. The van der Waals surface area contributed by atoms with Gasteiger partial charge in [0, 0.05) is 43.3 Å². The van der Waals surface area contributed by atoms with Gasteiger partial charge in [0.2, 0.25) is 5.91 Å². The average molecular weight is 509 g/mol. The summed E-state index contributed by atoms with van der Waals surface area (Å²) in [6, 6.07) is 26.7. The highest BCUT2D eigenvalue weighted by molar-refractivity contribution is 5.95. The molecule has 194 valence electrons. The molecule has 4 rings (SSSR count). The summed E-state index contributed by atoms with van der Waals surface area (Å²) in [7, 11) is 1.63. The van der Waals surface area contributed by atoms with Crippen LogP contribution >= 0.6 is 0 Å². The molecule has 0 saturated carbocycles. The van der Waals surface area contributed by atoms with E-state index in [4.69, 9.17) is 4.74 Å². The molecule has 2 amide bonds. The molecule has 1 aromatic heterocycles. The Kier molecular flexibility index (Phi) is 9.07. The monoisotopic (exact) mass is 508 g/mol. The highest BCUT2D eigenvalue weighted by atomic mass is 16.5. The van der Waals surface area contributed by atoms with Crippen LogP contribution in [0.25, 0.3) is 11.1 Å². The number of hydrogen-bond donors (Lipinski definition) is 3. The number of benzene rings is 3. The summed E-state index contributed by atoms with van der Waals surface area (Å²) in [5, 5.41) is 9.23. The normalized spacial score (nSPS) is 11.3. The van der Waals surface area contributed by atoms with E-state index in [9.17, 15) is 9.59 Å². The van der Waals surface area contributed by atoms with Crippen molar-refractivity contribution in [1.29, 1.82) is 0 Å². The summed E-state index contributed by atoms with van der Waals surface area (Å²) in [6.07, 6.45) is 3.54. The zero-order valence-corrected chi connectivity index (χ0v) is 21.6. The Morgan fingerprint density at radius 2 is 1.66 bits per heavy atom. The van der Waals surface area contributed by atoms with Gasteiger partial charge in [-0.15, -0.1) is 0 Å². The molecular weight excluding hydrogens is 476 g/mol. The van der Waals surface area contributed by atoms with E-state index in [0.717, 1.165) is 33.7 Å². The number of aromatic nitrogens is 1. The van der Waals surface area contributed by atoms with Gasteiger partial charge in [-0.05, 0) is 66.1 Å². The number of ether oxygens (including phenoxy) is 1. The zero-order chi connectivity index (χ0) is 26.7. The third kappa shape index (κ3) is 7.20. The van der Waals surface area contributed by atoms with E-state index in [1.807, 2.05) is 85.8 Å². The number of methoxy groups -OCH3 is 1. The largest absolute Gasteiger partial charge is 0.497 e. The van der Waals surface area contributed by atoms with Gasteiger partial charge in [0.1, 0.15) is 5.75 Å². The Bertz CT molecular complexity index is 1340. The molecule has 0 aliphatic heterocycles. The van der Waals surface area contributed by atoms with Gasteiger partial charge in [0.15, 0.2) is 0 Å². The molecule has 0 saturated heterocycles. The molecular formula is C31H32N4O3. The molecule has 7 heteroatoms. The molecule has 0 bridgehead atoms. The van der Waals surface area contributed by atoms with Gasteiger partial charge in [-0.3, -0.25) is 14.6 Å². The van der Waals surface area contributed by atoms with Crippen molar-refractivity contribution in [2.75, 3.05) is 32.1 Å². The molecule has 0 spiro atoms. The molecule has 1 heterocycles. The van der Waals surface area contributed by atoms with Gasteiger partial charge in [0.05, 0.1) is 13.0 Å². The fourth-order valence-electron chi connectivity index (χ4n) is 4.11. The first-order valence-corrected chi connectivity index (χ1v) is 12.5. The Hall–Kier alpha value is -4.65. The standard InChI is InChI=1S/C31H32N4O3/c1-22-5-3-6-25(19-22)30(36)35-21-29(24-10-8-23(9-11-24)26-7-4-16-32-20-26)31(37)34-18-17-33-27-12-14-28(38-2)15-13-27/h3-16,19-20,29,33H,17-18,21H2,1-2H3,(H,34,37)(H,35,36). The predicted octanol–water partition coefficient (Wildman–Crippen LogP) is 4.81. The van der Waals surface area contributed by atoms with Crippen molar-refractivity contribution in [3.05, 3.63) is 114 Å². The maximum atomic E-state index is 13.3. The van der Waals surface area contributed by atoms with Crippen LogP contribution in [0.2, 0.25) is 0 Å². The number of aryl methyl sites for hydroxylation is 1. The minimum atomic E-state index is -0.548. The first-order chi connectivity index (χ1) is 18.5. The molecule has 3 aromatic carbocycles. The highest BCUT2D eigenvalue weighted by Crippen LogP contribution is 2.23. The molecule has 1 atom stereocenters. The van der Waals surface area contributed by atoms with Crippen LogP contribution in [-0.2, 0) is 4.79 Å². The minimum absolute atomic E-state index is 0.153. The summed E-state index contributed by atoms with van der Waals surface area (Å²) in [5.41, 5.74) is 5.34. The summed E-state index contributed by atoms with van der Waals surface area (Å²) in [4.78, 5) is 30.2. The summed E-state index contributed by atoms with van der Waals surface area (Å²) >= 11 is 0. The molecule has 7 nitrogen and oxygen atoms in total. The SMILES string of the molecule is COc1ccc(NCCNC(=O)C(CNC(=O)c2cccc(C)c2)c2ccc(-c3cccnc3)cc2)cc1. The van der Waals surface area contributed by atoms with Crippen LogP contribution in [0.3, 0.4) is 0 Å². The number of carbonyl (C=O) groups excluding carboxylic acids is 2. The van der Waals surface area contributed by atoms with Crippen molar-refractivity contribution in [1.82, 2.24) is 15.6 Å². The zero-order valence-electron chi connectivity index (χ0n) is 21.6. The fraction of sp³-hybridized carbons (Fsp3) is 0.194. The second-order valence-electron chi connectivity index (χ2n) is 8.94. The maximum absolute atomic E-state index is 13.3. The highest BCUT2D eigenvalue weighted by Gasteiger charge is 2.22. The van der Waals surface area contributed by atoms with E-state index in [-0.39, 0.29) is 18.4 Å². The Morgan fingerprint density at radius 3 is 2.34 bits per heavy atom. The second-order valence-corrected chi connectivity index (χ2v) is 8.94. The van der Waals surface area contributed by atoms with Crippen LogP contribution in [0.15, 0.2) is 97.3 Å². The molecule has 3 N–H and O–H groups in total. The predicted molar refractivity (Wildman–Crippen MR) is 150 cm³/mol. The van der Waals surface area contributed by atoms with E-state index in [0.29, 0.717) is 18.7 Å². The first-order valence-electron chi connectivity index (χ1n) is 12.5. The molecule has 0 radical (unpaired) electrons. The number of carbonyl (C=O) groups is 2. The quantitative estimate of drug-likeness (QED) is 0.253. The van der Waals surface area contributed by atoms with Gasteiger partial charge >= 0.3 is 0 Å². The van der Waals surface area contributed by atoms with Crippen LogP contribution in [0.1, 0.15) is 27.4 Å². The molecule has 0 fully saturated rings. The summed E-state index contributed by atoms with van der Waals surface area (Å²) in [5.74, 6) is -0.124. The van der Waals surface area contributed by atoms with E-state index in [2.05, 4.69) is 20.9 Å². The van der Waals surface area contributed by atoms with E-state index in [1.54, 1.807) is 25.6 Å². The van der Waals surface area contributed by atoms with Gasteiger partial charge in [-0.25, -0.2) is 0 Å². The molecule has 38 heavy (non-hydrogen) atoms. The van der Waals surface area contributed by atoms with Crippen molar-refractivity contribution in [2.45, 2.75) is 12.8 Å². The van der Waals surface area contributed by atoms with Crippen molar-refractivity contribution in [2.24, 2.45) is 0 Å². The lowest BCUT2D eigenvalue weighted by molar-refractivity contribution is -0.122. The molecule has 0 aliphatic rings. The van der Waals surface area contributed by atoms with Crippen LogP contribution in [0.4, 0.5) is 5.69 Å². The third-order valence-corrected chi connectivity index (χ3v) is 6.21. The number of hydrogen-bond acceptors (Lipinski definition) is 5. The second kappa shape index (κ2) is 13.1. The molecule has 1 unspecified atom stereocenters. The number of anilines is 1. The summed E-state index contributed by atoms with van der Waals surface area (Å²) < 4.78 is 5.18. The first kappa shape index (κ1) is 26.4. The van der Waals surface area contributed by atoms with Crippen molar-refractivity contribution < 1.29 is 14.3 Å². The lowest BCUT2D eigenvalue weighted by Gasteiger charge is -2.19. The topological polar surface area (TPSA) is 92.4 Å². The van der Waals surface area contributed by atoms with Crippen LogP contribution in [-0.4, -0.2) is 43.5 Å².